The second-order valence-electron chi connectivity index (χ2n) is 8.78. The number of nitrogens with one attached hydrogen (secondary N) is 1. The zero-order valence-electron chi connectivity index (χ0n) is 19.2. The van der Waals surface area contributed by atoms with Crippen LogP contribution in [0.3, 0.4) is 0 Å². The lowest BCUT2D eigenvalue weighted by molar-refractivity contribution is -0.122. The van der Waals surface area contributed by atoms with E-state index in [1.165, 1.54) is 24.6 Å². The number of rotatable bonds is 7. The first-order valence-corrected chi connectivity index (χ1v) is 11.4. The van der Waals surface area contributed by atoms with Crippen LogP contribution >= 0.6 is 0 Å². The number of piperidine rings is 1. The molecule has 2 heterocycles. The molecule has 4 rings (SSSR count). The number of amides is 1. The fraction of sp³-hybridized carbons (Fsp3) is 0.333. The van der Waals surface area contributed by atoms with Gasteiger partial charge in [0.1, 0.15) is 12.4 Å². The maximum atomic E-state index is 13.4. The van der Waals surface area contributed by atoms with E-state index < -0.39 is 0 Å². The van der Waals surface area contributed by atoms with E-state index in [0.29, 0.717) is 5.56 Å². The molecule has 0 bridgehead atoms. The second kappa shape index (κ2) is 10.1. The lowest BCUT2D eigenvalue weighted by atomic mass is 10.0. The highest BCUT2D eigenvalue weighted by atomic mass is 19.1. The Morgan fingerprint density at radius 2 is 1.70 bits per heavy atom. The molecule has 0 unspecified atom stereocenters. The Kier molecular flexibility index (Phi) is 7.04. The van der Waals surface area contributed by atoms with Gasteiger partial charge in [-0.3, -0.25) is 14.5 Å². The summed E-state index contributed by atoms with van der Waals surface area (Å²) in [5.74, 6) is -0.453. The Hall–Kier alpha value is -3.25. The van der Waals surface area contributed by atoms with Crippen LogP contribution in [0.25, 0.3) is 11.3 Å². The summed E-state index contributed by atoms with van der Waals surface area (Å²) in [6, 6.07) is 18.5. The summed E-state index contributed by atoms with van der Waals surface area (Å²) in [5, 5.41) is 3.17. The molecule has 0 spiro atoms. The number of ketones is 1. The van der Waals surface area contributed by atoms with Crippen LogP contribution in [-0.2, 0) is 17.9 Å². The predicted octanol–water partition coefficient (Wildman–Crippen LogP) is 4.59. The van der Waals surface area contributed by atoms with Crippen molar-refractivity contribution in [3.8, 4) is 11.3 Å². The van der Waals surface area contributed by atoms with Crippen molar-refractivity contribution in [3.63, 3.8) is 0 Å². The van der Waals surface area contributed by atoms with E-state index in [2.05, 4.69) is 34.5 Å². The third-order valence-electron chi connectivity index (χ3n) is 6.39. The van der Waals surface area contributed by atoms with E-state index in [4.69, 9.17) is 0 Å². The number of Topliss-reactive ketones (excluding diaryl/α,β-unsaturated/α-hetero) is 1. The van der Waals surface area contributed by atoms with Crippen LogP contribution in [0.2, 0.25) is 0 Å². The monoisotopic (exact) mass is 447 g/mol. The number of hydrogen-bond donors (Lipinski definition) is 1. The van der Waals surface area contributed by atoms with Gasteiger partial charge in [0.15, 0.2) is 5.78 Å². The Bertz CT molecular complexity index is 1110. The standard InChI is InChI=1S/C27H30FN3O2/c1-19-25(20(2)32)16-26(22-8-10-23(28)11-9-22)31(19)18-27(33)29-24-12-14-30(15-13-24)17-21-6-4-3-5-7-21/h3-11,16,24H,12-15,17-18H2,1-2H3,(H,29,33). The average molecular weight is 448 g/mol. The molecule has 0 aliphatic carbocycles. The van der Waals surface area contributed by atoms with Crippen molar-refractivity contribution < 1.29 is 14.0 Å². The van der Waals surface area contributed by atoms with E-state index in [-0.39, 0.29) is 30.1 Å². The van der Waals surface area contributed by atoms with Gasteiger partial charge in [-0.2, -0.15) is 0 Å². The molecule has 3 aromatic rings. The maximum Gasteiger partial charge on any atom is 0.240 e. The highest BCUT2D eigenvalue weighted by molar-refractivity contribution is 5.97. The van der Waals surface area contributed by atoms with Crippen molar-refractivity contribution >= 4 is 11.7 Å². The Morgan fingerprint density at radius 1 is 1.03 bits per heavy atom. The molecule has 33 heavy (non-hydrogen) atoms. The molecule has 1 amide bonds. The summed E-state index contributed by atoms with van der Waals surface area (Å²) in [6.07, 6.45) is 1.82. The van der Waals surface area contributed by atoms with Gasteiger partial charge in [-0.25, -0.2) is 4.39 Å². The molecule has 1 fully saturated rings. The Morgan fingerprint density at radius 3 is 2.33 bits per heavy atom. The largest absolute Gasteiger partial charge is 0.352 e. The summed E-state index contributed by atoms with van der Waals surface area (Å²) in [5.41, 5.74) is 4.14. The fourth-order valence-corrected chi connectivity index (χ4v) is 4.56. The maximum absolute atomic E-state index is 13.4. The molecule has 5 nitrogen and oxygen atoms in total. The number of halogens is 1. The fourth-order valence-electron chi connectivity index (χ4n) is 4.56. The Balaban J connectivity index is 1.40. The topological polar surface area (TPSA) is 54.3 Å². The van der Waals surface area contributed by atoms with Gasteiger partial charge in [0.25, 0.3) is 0 Å². The molecular weight excluding hydrogens is 417 g/mol. The van der Waals surface area contributed by atoms with Gasteiger partial charge < -0.3 is 9.88 Å². The summed E-state index contributed by atoms with van der Waals surface area (Å²) in [4.78, 5) is 27.5. The molecular formula is C27H30FN3O2. The Labute approximate surface area is 194 Å². The highest BCUT2D eigenvalue weighted by Gasteiger charge is 2.23. The van der Waals surface area contributed by atoms with Crippen molar-refractivity contribution in [1.82, 2.24) is 14.8 Å². The second-order valence-corrected chi connectivity index (χ2v) is 8.78. The zero-order chi connectivity index (χ0) is 23.4. The van der Waals surface area contributed by atoms with Crippen LogP contribution in [0.4, 0.5) is 4.39 Å². The SMILES string of the molecule is CC(=O)c1cc(-c2ccc(F)cc2)n(CC(=O)NC2CCN(Cc3ccccc3)CC2)c1C. The molecule has 0 saturated carbocycles. The van der Waals surface area contributed by atoms with Crippen LogP contribution < -0.4 is 5.32 Å². The minimum atomic E-state index is -0.322. The summed E-state index contributed by atoms with van der Waals surface area (Å²) in [7, 11) is 0. The van der Waals surface area contributed by atoms with Crippen molar-refractivity contribution in [2.75, 3.05) is 13.1 Å². The van der Waals surface area contributed by atoms with E-state index >= 15 is 0 Å². The lowest BCUT2D eigenvalue weighted by Crippen LogP contribution is -2.45. The molecule has 1 aromatic heterocycles. The molecule has 172 valence electrons. The molecule has 1 aliphatic heterocycles. The molecule has 1 aliphatic rings. The summed E-state index contributed by atoms with van der Waals surface area (Å²) in [6.45, 7) is 6.30. The molecule has 2 aromatic carbocycles. The van der Waals surface area contributed by atoms with Crippen molar-refractivity contribution in [1.29, 1.82) is 0 Å². The third kappa shape index (κ3) is 5.57. The summed E-state index contributed by atoms with van der Waals surface area (Å²) < 4.78 is 15.3. The van der Waals surface area contributed by atoms with Crippen LogP contribution in [-0.4, -0.2) is 40.3 Å². The molecule has 0 radical (unpaired) electrons. The van der Waals surface area contributed by atoms with E-state index in [1.54, 1.807) is 18.2 Å². The molecule has 6 heteroatoms. The molecule has 1 saturated heterocycles. The number of hydrogen-bond acceptors (Lipinski definition) is 3. The smallest absolute Gasteiger partial charge is 0.240 e. The van der Waals surface area contributed by atoms with Crippen LogP contribution in [0.15, 0.2) is 60.7 Å². The summed E-state index contributed by atoms with van der Waals surface area (Å²) >= 11 is 0. The number of nitrogens with zero attached hydrogens (tertiary/aromatic N) is 2. The number of benzene rings is 2. The first-order chi connectivity index (χ1) is 15.9. The van der Waals surface area contributed by atoms with E-state index in [1.807, 2.05) is 17.6 Å². The van der Waals surface area contributed by atoms with Crippen molar-refractivity contribution in [2.24, 2.45) is 0 Å². The van der Waals surface area contributed by atoms with Crippen LogP contribution in [0.5, 0.6) is 0 Å². The highest BCUT2D eigenvalue weighted by Crippen LogP contribution is 2.27. The van der Waals surface area contributed by atoms with Crippen LogP contribution in [0, 0.1) is 12.7 Å². The number of aromatic nitrogens is 1. The average Bonchev–Trinajstić information content (AvgIpc) is 3.12. The molecule has 1 N–H and O–H groups in total. The van der Waals surface area contributed by atoms with Gasteiger partial charge in [0, 0.05) is 42.6 Å². The van der Waals surface area contributed by atoms with Gasteiger partial charge in [-0.05, 0) is 68.1 Å². The minimum Gasteiger partial charge on any atom is -0.352 e. The van der Waals surface area contributed by atoms with Gasteiger partial charge in [0.05, 0.1) is 0 Å². The third-order valence-corrected chi connectivity index (χ3v) is 6.39. The first kappa shape index (κ1) is 22.9. The van der Waals surface area contributed by atoms with Gasteiger partial charge in [-0.15, -0.1) is 0 Å². The number of carbonyl (C=O) groups excluding carboxylic acids is 2. The van der Waals surface area contributed by atoms with E-state index in [0.717, 1.165) is 49.4 Å². The van der Waals surface area contributed by atoms with E-state index in [9.17, 15) is 14.0 Å². The number of carbonyl (C=O) groups is 2. The number of likely N-dealkylation sites (tertiary alicyclic amines) is 1. The first-order valence-electron chi connectivity index (χ1n) is 11.4. The normalized spacial score (nSPS) is 14.9. The van der Waals surface area contributed by atoms with Crippen molar-refractivity contribution in [3.05, 3.63) is 83.3 Å². The van der Waals surface area contributed by atoms with Gasteiger partial charge in [-0.1, -0.05) is 30.3 Å². The predicted molar refractivity (Wildman–Crippen MR) is 127 cm³/mol. The van der Waals surface area contributed by atoms with Crippen molar-refractivity contribution in [2.45, 2.75) is 45.8 Å². The van der Waals surface area contributed by atoms with Gasteiger partial charge in [0.2, 0.25) is 5.91 Å². The van der Waals surface area contributed by atoms with Crippen LogP contribution in [0.1, 0.15) is 41.4 Å². The minimum absolute atomic E-state index is 0.0548. The quantitative estimate of drug-likeness (QED) is 0.539. The van der Waals surface area contributed by atoms with Gasteiger partial charge >= 0.3 is 0 Å². The lowest BCUT2D eigenvalue weighted by Gasteiger charge is -2.32. The molecule has 0 atom stereocenters. The zero-order valence-corrected chi connectivity index (χ0v) is 19.2.